The number of Topliss-reactive ketones (excluding diaryl/α,β-unsaturated/α-hetero) is 1. The van der Waals surface area contributed by atoms with Gasteiger partial charge >= 0.3 is 0 Å². The van der Waals surface area contributed by atoms with Crippen LogP contribution in [0.1, 0.15) is 25.5 Å². The molecule has 0 saturated heterocycles. The van der Waals surface area contributed by atoms with E-state index in [1.54, 1.807) is 62.6 Å². The van der Waals surface area contributed by atoms with Gasteiger partial charge in [-0.25, -0.2) is 0 Å². The molecule has 3 rings (SSSR count). The van der Waals surface area contributed by atoms with E-state index >= 15 is 0 Å². The summed E-state index contributed by atoms with van der Waals surface area (Å²) in [6.07, 6.45) is 3.18. The number of anilines is 1. The van der Waals surface area contributed by atoms with E-state index in [0.29, 0.717) is 17.0 Å². The van der Waals surface area contributed by atoms with Gasteiger partial charge < -0.3 is 9.84 Å². The number of methoxy groups -OCH3 is 1. The molecule has 0 aliphatic carbocycles. The lowest BCUT2D eigenvalue weighted by Gasteiger charge is -2.28. The summed E-state index contributed by atoms with van der Waals surface area (Å²) in [6.45, 7) is 3.48. The number of hydrogen-bond acceptors (Lipinski definition) is 5. The van der Waals surface area contributed by atoms with Gasteiger partial charge in [-0.2, -0.15) is 0 Å². The van der Waals surface area contributed by atoms with Gasteiger partial charge in [0.15, 0.2) is 11.5 Å². The summed E-state index contributed by atoms with van der Waals surface area (Å²) >= 11 is 0. The fourth-order valence-corrected chi connectivity index (χ4v) is 3.11. The summed E-state index contributed by atoms with van der Waals surface area (Å²) in [6, 6.07) is 9.73. The SMILES string of the molecule is COc1ccccc1N1C(=O)C(O)=C(C(=O)C(C)C)C1c1ccncc1. The van der Waals surface area contributed by atoms with Gasteiger partial charge in [-0.3, -0.25) is 19.5 Å². The Morgan fingerprint density at radius 2 is 1.85 bits per heavy atom. The van der Waals surface area contributed by atoms with E-state index in [-0.39, 0.29) is 17.3 Å². The van der Waals surface area contributed by atoms with Crippen molar-refractivity contribution >= 4 is 17.4 Å². The van der Waals surface area contributed by atoms with Crippen molar-refractivity contribution in [1.82, 2.24) is 4.98 Å². The number of carbonyl (C=O) groups is 2. The van der Waals surface area contributed by atoms with Crippen LogP contribution < -0.4 is 9.64 Å². The quantitative estimate of drug-likeness (QED) is 0.894. The lowest BCUT2D eigenvalue weighted by Crippen LogP contribution is -2.31. The lowest BCUT2D eigenvalue weighted by molar-refractivity contribution is -0.119. The molecule has 0 fully saturated rings. The molecule has 6 heteroatoms. The van der Waals surface area contributed by atoms with Crippen molar-refractivity contribution in [2.24, 2.45) is 5.92 Å². The van der Waals surface area contributed by atoms with Gasteiger partial charge in [0.2, 0.25) is 0 Å². The summed E-state index contributed by atoms with van der Waals surface area (Å²) in [4.78, 5) is 31.1. The van der Waals surface area contributed by atoms with Crippen LogP contribution in [-0.2, 0) is 9.59 Å². The third-order valence-corrected chi connectivity index (χ3v) is 4.36. The minimum Gasteiger partial charge on any atom is -0.503 e. The van der Waals surface area contributed by atoms with Gasteiger partial charge in [-0.05, 0) is 29.8 Å². The molecular formula is C20H20N2O4. The van der Waals surface area contributed by atoms with Crippen LogP contribution in [0.5, 0.6) is 5.75 Å². The standard InChI is InChI=1S/C20H20N2O4/c1-12(2)18(23)16-17(13-8-10-21-11-9-13)22(20(25)19(16)24)14-6-4-5-7-15(14)26-3/h4-12,17,24H,1-3H3. The van der Waals surface area contributed by atoms with E-state index in [1.165, 1.54) is 12.0 Å². The maximum Gasteiger partial charge on any atom is 0.294 e. The average Bonchev–Trinajstić information content (AvgIpc) is 2.92. The highest BCUT2D eigenvalue weighted by atomic mass is 16.5. The van der Waals surface area contributed by atoms with Gasteiger partial charge in [0, 0.05) is 18.3 Å². The van der Waals surface area contributed by atoms with Gasteiger partial charge in [0.25, 0.3) is 5.91 Å². The van der Waals surface area contributed by atoms with Gasteiger partial charge in [0.05, 0.1) is 24.4 Å². The zero-order chi connectivity index (χ0) is 18.8. The van der Waals surface area contributed by atoms with Crippen LogP contribution in [0.3, 0.4) is 0 Å². The van der Waals surface area contributed by atoms with Crippen LogP contribution in [0, 0.1) is 5.92 Å². The second-order valence-electron chi connectivity index (χ2n) is 6.31. The maximum absolute atomic E-state index is 12.9. The van der Waals surface area contributed by atoms with Crippen LogP contribution in [0.25, 0.3) is 0 Å². The molecule has 1 atom stereocenters. The Labute approximate surface area is 151 Å². The number of amides is 1. The molecule has 0 saturated carbocycles. The molecule has 2 aromatic rings. The second kappa shape index (κ2) is 7.00. The van der Waals surface area contributed by atoms with Crippen LogP contribution in [-0.4, -0.2) is 28.9 Å². The van der Waals surface area contributed by atoms with E-state index in [4.69, 9.17) is 4.74 Å². The molecule has 1 aliphatic heterocycles. The first-order valence-corrected chi connectivity index (χ1v) is 8.31. The van der Waals surface area contributed by atoms with E-state index in [1.807, 2.05) is 0 Å². The van der Waals surface area contributed by atoms with Crippen LogP contribution in [0.4, 0.5) is 5.69 Å². The van der Waals surface area contributed by atoms with Gasteiger partial charge in [-0.15, -0.1) is 0 Å². The number of nitrogens with zero attached hydrogens (tertiary/aromatic N) is 2. The maximum atomic E-state index is 12.9. The Balaban J connectivity index is 2.22. The van der Waals surface area contributed by atoms with E-state index in [9.17, 15) is 14.7 Å². The molecule has 6 nitrogen and oxygen atoms in total. The third-order valence-electron chi connectivity index (χ3n) is 4.36. The average molecular weight is 352 g/mol. The van der Waals surface area contributed by atoms with Crippen molar-refractivity contribution in [1.29, 1.82) is 0 Å². The number of rotatable bonds is 5. The first kappa shape index (κ1) is 17.7. The highest BCUT2D eigenvalue weighted by Gasteiger charge is 2.45. The number of benzene rings is 1. The Bertz CT molecular complexity index is 874. The van der Waals surface area contributed by atoms with Crippen LogP contribution in [0.15, 0.2) is 60.1 Å². The van der Waals surface area contributed by atoms with Crippen molar-refractivity contribution in [3.8, 4) is 5.75 Å². The molecule has 1 aromatic carbocycles. The first-order chi connectivity index (χ1) is 12.5. The van der Waals surface area contributed by atoms with Gasteiger partial charge in [-0.1, -0.05) is 26.0 Å². The van der Waals surface area contributed by atoms with Gasteiger partial charge in [0.1, 0.15) is 5.75 Å². The molecule has 26 heavy (non-hydrogen) atoms. The Hall–Kier alpha value is -3.15. The minimum absolute atomic E-state index is 0.0992. The van der Waals surface area contributed by atoms with E-state index in [0.717, 1.165) is 0 Å². The number of carbonyl (C=O) groups excluding carboxylic acids is 2. The molecule has 2 heterocycles. The summed E-state index contributed by atoms with van der Waals surface area (Å²) in [7, 11) is 1.51. The summed E-state index contributed by atoms with van der Waals surface area (Å²) in [5.41, 5.74) is 1.27. The topological polar surface area (TPSA) is 79.7 Å². The summed E-state index contributed by atoms with van der Waals surface area (Å²) in [5.74, 6) is -1.29. The molecule has 0 radical (unpaired) electrons. The number of ketones is 1. The number of aliphatic hydroxyl groups is 1. The lowest BCUT2D eigenvalue weighted by atomic mass is 9.91. The Morgan fingerprint density at radius 1 is 1.19 bits per heavy atom. The number of aliphatic hydroxyl groups excluding tert-OH is 1. The van der Waals surface area contributed by atoms with Crippen LogP contribution in [0.2, 0.25) is 0 Å². The second-order valence-corrected chi connectivity index (χ2v) is 6.31. The molecule has 0 bridgehead atoms. The molecular weight excluding hydrogens is 332 g/mol. The molecule has 1 N–H and O–H groups in total. The third kappa shape index (κ3) is 2.83. The molecule has 1 aromatic heterocycles. The molecule has 0 spiro atoms. The van der Waals surface area contributed by atoms with Crippen molar-refractivity contribution in [2.45, 2.75) is 19.9 Å². The fraction of sp³-hybridized carbons (Fsp3) is 0.250. The minimum atomic E-state index is -0.739. The molecule has 1 unspecified atom stereocenters. The normalized spacial score (nSPS) is 17.2. The zero-order valence-corrected chi connectivity index (χ0v) is 14.8. The smallest absolute Gasteiger partial charge is 0.294 e. The number of para-hydroxylation sites is 2. The zero-order valence-electron chi connectivity index (χ0n) is 14.8. The number of ether oxygens (including phenoxy) is 1. The van der Waals surface area contributed by atoms with E-state index < -0.39 is 17.7 Å². The molecule has 134 valence electrons. The Kier molecular flexibility index (Phi) is 4.75. The summed E-state index contributed by atoms with van der Waals surface area (Å²) in [5, 5.41) is 10.5. The summed E-state index contributed by atoms with van der Waals surface area (Å²) < 4.78 is 5.38. The van der Waals surface area contributed by atoms with E-state index in [2.05, 4.69) is 4.98 Å². The highest BCUT2D eigenvalue weighted by molar-refractivity contribution is 6.17. The number of pyridine rings is 1. The predicted octanol–water partition coefficient (Wildman–Crippen LogP) is 3.22. The largest absolute Gasteiger partial charge is 0.503 e. The number of hydrogen-bond donors (Lipinski definition) is 1. The monoisotopic (exact) mass is 352 g/mol. The molecule has 1 aliphatic rings. The first-order valence-electron chi connectivity index (χ1n) is 8.31. The van der Waals surface area contributed by atoms with Crippen molar-refractivity contribution in [3.63, 3.8) is 0 Å². The van der Waals surface area contributed by atoms with Crippen molar-refractivity contribution in [3.05, 3.63) is 65.7 Å². The highest BCUT2D eigenvalue weighted by Crippen LogP contribution is 2.44. The molecule has 1 amide bonds. The fourth-order valence-electron chi connectivity index (χ4n) is 3.11. The van der Waals surface area contributed by atoms with Crippen LogP contribution >= 0.6 is 0 Å². The van der Waals surface area contributed by atoms with Crippen molar-refractivity contribution in [2.75, 3.05) is 12.0 Å². The predicted molar refractivity (Wildman–Crippen MR) is 97.0 cm³/mol. The Morgan fingerprint density at radius 3 is 2.46 bits per heavy atom. The van der Waals surface area contributed by atoms with Crippen molar-refractivity contribution < 1.29 is 19.4 Å². The number of aromatic nitrogens is 1.